The molecule has 0 heterocycles. The van der Waals surface area contributed by atoms with Gasteiger partial charge in [0, 0.05) is 17.1 Å². The zero-order valence-electron chi connectivity index (χ0n) is 29.5. The van der Waals surface area contributed by atoms with E-state index in [1.165, 1.54) is 31.8 Å². The van der Waals surface area contributed by atoms with Gasteiger partial charge in [-0.2, -0.15) is 0 Å². The molecule has 6 aromatic carbocycles. The summed E-state index contributed by atoms with van der Waals surface area (Å²) in [6.07, 6.45) is 0. The second kappa shape index (κ2) is 19.8. The minimum absolute atomic E-state index is 0. The second-order valence-electron chi connectivity index (χ2n) is 10.9. The monoisotopic (exact) mass is 767 g/mol. The van der Waals surface area contributed by atoms with E-state index >= 15 is 0 Å². The molecule has 51 heavy (non-hydrogen) atoms. The molecule has 0 aliphatic heterocycles. The van der Waals surface area contributed by atoms with Crippen LogP contribution in [0.15, 0.2) is 146 Å². The third-order valence-electron chi connectivity index (χ3n) is 7.98. The van der Waals surface area contributed by atoms with Gasteiger partial charge < -0.3 is 28.4 Å². The fourth-order valence-electron chi connectivity index (χ4n) is 5.28. The van der Waals surface area contributed by atoms with Crippen molar-refractivity contribution in [3.05, 3.63) is 146 Å². The Morgan fingerprint density at radius 2 is 0.353 bits per heavy atom. The number of hydrogen-bond acceptors (Lipinski definition) is 6. The summed E-state index contributed by atoms with van der Waals surface area (Å²) in [5.74, 6) is 5.18. The molecule has 6 rings (SSSR count). The molecular formula is C42H42CuO6P2. The first kappa shape index (κ1) is 39.3. The Morgan fingerprint density at radius 3 is 0.451 bits per heavy atom. The zero-order valence-corrected chi connectivity index (χ0v) is 32.2. The summed E-state index contributed by atoms with van der Waals surface area (Å²) in [5.41, 5.74) is 0. The molecule has 0 aliphatic rings. The first-order valence-corrected chi connectivity index (χ1v) is 18.6. The van der Waals surface area contributed by atoms with Crippen LogP contribution >= 0.6 is 15.8 Å². The molecule has 0 aliphatic carbocycles. The van der Waals surface area contributed by atoms with Crippen LogP contribution in [0.5, 0.6) is 34.5 Å². The molecule has 0 amide bonds. The topological polar surface area (TPSA) is 55.4 Å². The number of benzene rings is 6. The van der Waals surface area contributed by atoms with Gasteiger partial charge in [-0.25, -0.2) is 0 Å². The van der Waals surface area contributed by atoms with Crippen molar-refractivity contribution in [3.63, 3.8) is 0 Å². The van der Waals surface area contributed by atoms with E-state index in [-0.39, 0.29) is 17.1 Å². The van der Waals surface area contributed by atoms with E-state index in [2.05, 4.69) is 72.8 Å². The van der Waals surface area contributed by atoms with Gasteiger partial charge in [0.1, 0.15) is 34.5 Å². The fraction of sp³-hybridized carbons (Fsp3) is 0.143. The van der Waals surface area contributed by atoms with E-state index in [1.54, 1.807) is 42.7 Å². The van der Waals surface area contributed by atoms with Gasteiger partial charge in [-0.1, -0.05) is 72.8 Å². The largest absolute Gasteiger partial charge is 0.497 e. The first-order valence-electron chi connectivity index (χ1n) is 15.9. The Bertz CT molecular complexity index is 1520. The van der Waals surface area contributed by atoms with E-state index in [0.717, 1.165) is 34.5 Å². The van der Waals surface area contributed by atoms with Crippen molar-refractivity contribution in [2.45, 2.75) is 0 Å². The van der Waals surface area contributed by atoms with Crippen molar-refractivity contribution >= 4 is 47.7 Å². The van der Waals surface area contributed by atoms with Crippen LogP contribution in [0.1, 0.15) is 0 Å². The molecule has 0 bridgehead atoms. The molecular weight excluding hydrogens is 726 g/mol. The van der Waals surface area contributed by atoms with Crippen LogP contribution in [0.25, 0.3) is 0 Å². The summed E-state index contributed by atoms with van der Waals surface area (Å²) in [4.78, 5) is 0. The molecule has 0 saturated heterocycles. The van der Waals surface area contributed by atoms with Gasteiger partial charge in [-0.3, -0.25) is 0 Å². The van der Waals surface area contributed by atoms with Crippen LogP contribution in [0.4, 0.5) is 0 Å². The molecule has 0 aromatic heterocycles. The zero-order chi connectivity index (χ0) is 35.3. The number of rotatable bonds is 12. The van der Waals surface area contributed by atoms with Gasteiger partial charge in [0.05, 0.1) is 42.7 Å². The van der Waals surface area contributed by atoms with Gasteiger partial charge in [0.25, 0.3) is 0 Å². The Hall–Kier alpha value is -4.50. The summed E-state index contributed by atoms with van der Waals surface area (Å²) < 4.78 is 31.8. The van der Waals surface area contributed by atoms with Gasteiger partial charge in [0.15, 0.2) is 0 Å². The summed E-state index contributed by atoms with van der Waals surface area (Å²) in [5, 5.41) is 7.62. The van der Waals surface area contributed by atoms with Crippen molar-refractivity contribution in [1.82, 2.24) is 0 Å². The van der Waals surface area contributed by atoms with Crippen LogP contribution in [0.3, 0.4) is 0 Å². The molecule has 0 atom stereocenters. The third kappa shape index (κ3) is 10.3. The molecule has 9 heteroatoms. The molecule has 6 nitrogen and oxygen atoms in total. The summed E-state index contributed by atoms with van der Waals surface area (Å²) >= 11 is 0. The van der Waals surface area contributed by atoms with Crippen molar-refractivity contribution in [1.29, 1.82) is 0 Å². The second-order valence-corrected chi connectivity index (χ2v) is 15.3. The molecule has 0 spiro atoms. The number of methoxy groups -OCH3 is 6. The Balaban J connectivity index is 0.000000224. The smallest absolute Gasteiger partial charge is 0.118 e. The first-order chi connectivity index (χ1) is 24.5. The Morgan fingerprint density at radius 1 is 0.235 bits per heavy atom. The van der Waals surface area contributed by atoms with Gasteiger partial charge >= 0.3 is 0 Å². The Labute approximate surface area is 314 Å². The number of ether oxygens (including phenoxy) is 6. The fourth-order valence-corrected chi connectivity index (χ4v) is 9.75. The van der Waals surface area contributed by atoms with Gasteiger partial charge in [0.2, 0.25) is 0 Å². The van der Waals surface area contributed by atoms with E-state index in [1.807, 2.05) is 72.8 Å². The minimum atomic E-state index is -0.665. The minimum Gasteiger partial charge on any atom is -0.497 e. The molecule has 0 saturated carbocycles. The van der Waals surface area contributed by atoms with E-state index in [0.29, 0.717) is 0 Å². The summed E-state index contributed by atoms with van der Waals surface area (Å²) in [6, 6.07) is 49.8. The van der Waals surface area contributed by atoms with E-state index in [4.69, 9.17) is 28.4 Å². The molecule has 0 N–H and O–H groups in total. The van der Waals surface area contributed by atoms with E-state index in [9.17, 15) is 0 Å². The average molecular weight is 768 g/mol. The average Bonchev–Trinajstić information content (AvgIpc) is 3.20. The van der Waals surface area contributed by atoms with E-state index < -0.39 is 15.8 Å². The maximum absolute atomic E-state index is 5.30. The van der Waals surface area contributed by atoms with Gasteiger partial charge in [-0.15, -0.1) is 0 Å². The predicted octanol–water partition coefficient (Wildman–Crippen LogP) is 6.94. The molecule has 267 valence electrons. The van der Waals surface area contributed by atoms with Crippen molar-refractivity contribution in [2.75, 3.05) is 42.7 Å². The van der Waals surface area contributed by atoms with Crippen LogP contribution < -0.4 is 60.2 Å². The van der Waals surface area contributed by atoms with Crippen molar-refractivity contribution in [3.8, 4) is 34.5 Å². The van der Waals surface area contributed by atoms with Gasteiger partial charge in [-0.05, 0) is 120 Å². The molecule has 0 unspecified atom stereocenters. The summed E-state index contributed by atoms with van der Waals surface area (Å²) in [6.45, 7) is 0. The summed E-state index contributed by atoms with van der Waals surface area (Å²) in [7, 11) is 8.78. The standard InChI is InChI=1S/2C21H21O3P.Cu/c2*1-22-16-4-10-19(11-5-16)25(20-12-6-17(23-2)7-13-20)21-14-8-18(24-3)9-15-21;/h2*4-15H,1-3H3;. The third-order valence-corrected chi connectivity index (χ3v) is 12.9. The van der Waals surface area contributed by atoms with Crippen LogP contribution in [-0.4, -0.2) is 42.7 Å². The predicted molar refractivity (Wildman–Crippen MR) is 210 cm³/mol. The maximum atomic E-state index is 5.30. The quantitative estimate of drug-likeness (QED) is 0.0995. The molecule has 0 fully saturated rings. The van der Waals surface area contributed by atoms with Crippen molar-refractivity contribution < 1.29 is 45.5 Å². The van der Waals surface area contributed by atoms with Crippen LogP contribution in [0.2, 0.25) is 0 Å². The Kier molecular flexibility index (Phi) is 15.2. The maximum Gasteiger partial charge on any atom is 0.118 e. The van der Waals surface area contributed by atoms with Crippen molar-refractivity contribution in [2.24, 2.45) is 0 Å². The SMILES string of the molecule is COc1ccc(P(c2ccc(OC)cc2)c2ccc(OC)cc2)cc1.COc1ccc(P(c2ccc(OC)cc2)c2ccc(OC)cc2)cc1.[Cu]. The van der Waals surface area contributed by atoms with Crippen LogP contribution in [0, 0.1) is 0 Å². The normalized spacial score (nSPS) is 10.4. The van der Waals surface area contributed by atoms with Crippen LogP contribution in [-0.2, 0) is 17.1 Å². The molecule has 6 aromatic rings. The number of hydrogen-bond donors (Lipinski definition) is 0. The molecule has 1 radical (unpaired) electrons.